The third kappa shape index (κ3) is 5.22. The van der Waals surface area contributed by atoms with Crippen LogP contribution in [0.5, 0.6) is 5.75 Å². The average Bonchev–Trinajstić information content (AvgIpc) is 3.05. The lowest BCUT2D eigenvalue weighted by molar-refractivity contribution is -0.136. The first-order valence-electron chi connectivity index (χ1n) is 9.36. The quantitative estimate of drug-likeness (QED) is 0.612. The SMILES string of the molecule is COc1ccc([C@@H](Cc2ccc(F)cc2)NC(=O)C(=O)Nc2cc(C)nn2C)cc1. The van der Waals surface area contributed by atoms with Gasteiger partial charge in [0.25, 0.3) is 0 Å². The lowest BCUT2D eigenvalue weighted by Gasteiger charge is -2.19. The van der Waals surface area contributed by atoms with E-state index in [-0.39, 0.29) is 5.82 Å². The number of aryl methyl sites for hydroxylation is 2. The molecule has 0 saturated heterocycles. The van der Waals surface area contributed by atoms with Gasteiger partial charge >= 0.3 is 11.8 Å². The number of rotatable bonds is 6. The summed E-state index contributed by atoms with van der Waals surface area (Å²) < 4.78 is 19.9. The number of amides is 2. The van der Waals surface area contributed by atoms with E-state index in [0.717, 1.165) is 16.8 Å². The van der Waals surface area contributed by atoms with Gasteiger partial charge in [-0.1, -0.05) is 24.3 Å². The molecule has 0 radical (unpaired) electrons. The van der Waals surface area contributed by atoms with Gasteiger partial charge in [-0.2, -0.15) is 5.10 Å². The normalized spacial score (nSPS) is 11.6. The molecule has 0 bridgehead atoms. The zero-order chi connectivity index (χ0) is 21.7. The standard InChI is InChI=1S/C22H23FN4O3/c1-14-12-20(27(2)26-14)25-22(29)21(28)24-19(13-15-4-8-17(23)9-5-15)16-6-10-18(30-3)11-7-16/h4-12,19H,13H2,1-3H3,(H,24,28)(H,25,29)/t19-/m1/s1. The van der Waals surface area contributed by atoms with Crippen LogP contribution < -0.4 is 15.4 Å². The highest BCUT2D eigenvalue weighted by molar-refractivity contribution is 6.39. The molecule has 3 rings (SSSR count). The number of methoxy groups -OCH3 is 1. The maximum absolute atomic E-state index is 13.2. The fraction of sp³-hybridized carbons (Fsp3) is 0.227. The molecule has 8 heteroatoms. The van der Waals surface area contributed by atoms with Crippen molar-refractivity contribution >= 4 is 17.6 Å². The van der Waals surface area contributed by atoms with E-state index < -0.39 is 17.9 Å². The van der Waals surface area contributed by atoms with E-state index in [1.807, 2.05) is 12.1 Å². The van der Waals surface area contributed by atoms with Crippen molar-refractivity contribution in [1.82, 2.24) is 15.1 Å². The van der Waals surface area contributed by atoms with Crippen LogP contribution in [-0.2, 0) is 23.1 Å². The molecule has 0 aliphatic rings. The molecule has 2 N–H and O–H groups in total. The molecule has 1 heterocycles. The lowest BCUT2D eigenvalue weighted by atomic mass is 9.98. The Bertz CT molecular complexity index is 1030. The molecule has 156 valence electrons. The summed E-state index contributed by atoms with van der Waals surface area (Å²) in [6, 6.07) is 14.4. The summed E-state index contributed by atoms with van der Waals surface area (Å²) >= 11 is 0. The van der Waals surface area contributed by atoms with Gasteiger partial charge in [-0.05, 0) is 48.7 Å². The van der Waals surface area contributed by atoms with E-state index in [1.165, 1.54) is 16.8 Å². The monoisotopic (exact) mass is 410 g/mol. The number of carbonyl (C=O) groups excluding carboxylic acids is 2. The first-order valence-corrected chi connectivity index (χ1v) is 9.36. The number of aromatic nitrogens is 2. The number of hydrogen-bond acceptors (Lipinski definition) is 4. The minimum Gasteiger partial charge on any atom is -0.497 e. The molecule has 0 fully saturated rings. The van der Waals surface area contributed by atoms with E-state index in [2.05, 4.69) is 15.7 Å². The molecule has 0 aliphatic heterocycles. The molecule has 0 saturated carbocycles. The Balaban J connectivity index is 1.77. The van der Waals surface area contributed by atoms with Crippen molar-refractivity contribution in [2.75, 3.05) is 12.4 Å². The third-order valence-corrected chi connectivity index (χ3v) is 4.63. The van der Waals surface area contributed by atoms with Crippen LogP contribution >= 0.6 is 0 Å². The molecular formula is C22H23FN4O3. The van der Waals surface area contributed by atoms with Gasteiger partial charge in [0, 0.05) is 13.1 Å². The largest absolute Gasteiger partial charge is 0.497 e. The Labute approximate surface area is 173 Å². The van der Waals surface area contributed by atoms with Crippen molar-refractivity contribution in [3.63, 3.8) is 0 Å². The second kappa shape index (κ2) is 9.21. The Kier molecular flexibility index (Phi) is 6.46. The van der Waals surface area contributed by atoms with Crippen LogP contribution in [0.3, 0.4) is 0 Å². The number of anilines is 1. The van der Waals surface area contributed by atoms with Crippen LogP contribution in [0.25, 0.3) is 0 Å². The maximum atomic E-state index is 13.2. The molecular weight excluding hydrogens is 387 g/mol. The number of nitrogens with one attached hydrogen (secondary N) is 2. The molecule has 0 aliphatic carbocycles. The van der Waals surface area contributed by atoms with E-state index in [9.17, 15) is 14.0 Å². The maximum Gasteiger partial charge on any atom is 0.314 e. The predicted octanol–water partition coefficient (Wildman–Crippen LogP) is 2.91. The van der Waals surface area contributed by atoms with E-state index in [4.69, 9.17) is 4.74 Å². The fourth-order valence-corrected chi connectivity index (χ4v) is 3.07. The second-order valence-corrected chi connectivity index (χ2v) is 6.88. The van der Waals surface area contributed by atoms with Crippen molar-refractivity contribution < 1.29 is 18.7 Å². The summed E-state index contributed by atoms with van der Waals surface area (Å²) in [6.45, 7) is 1.79. The van der Waals surface area contributed by atoms with Crippen LogP contribution in [0.2, 0.25) is 0 Å². The van der Waals surface area contributed by atoms with Crippen LogP contribution in [0.4, 0.5) is 10.2 Å². The van der Waals surface area contributed by atoms with Gasteiger partial charge in [0.05, 0.1) is 18.8 Å². The molecule has 0 unspecified atom stereocenters. The number of hydrogen-bond donors (Lipinski definition) is 2. The average molecular weight is 410 g/mol. The number of ether oxygens (including phenoxy) is 1. The fourth-order valence-electron chi connectivity index (χ4n) is 3.07. The third-order valence-electron chi connectivity index (χ3n) is 4.63. The molecule has 2 aromatic carbocycles. The van der Waals surface area contributed by atoms with Crippen molar-refractivity contribution in [3.05, 3.63) is 77.2 Å². The van der Waals surface area contributed by atoms with Crippen molar-refractivity contribution in [1.29, 1.82) is 0 Å². The zero-order valence-electron chi connectivity index (χ0n) is 17.0. The van der Waals surface area contributed by atoms with Crippen molar-refractivity contribution in [2.45, 2.75) is 19.4 Å². The minimum atomic E-state index is -0.796. The van der Waals surface area contributed by atoms with E-state index >= 15 is 0 Å². The minimum absolute atomic E-state index is 0.338. The second-order valence-electron chi connectivity index (χ2n) is 6.88. The summed E-state index contributed by atoms with van der Waals surface area (Å²) in [4.78, 5) is 25.0. The highest BCUT2D eigenvalue weighted by atomic mass is 19.1. The summed E-state index contributed by atoms with van der Waals surface area (Å²) in [5, 5.41) is 9.46. The van der Waals surface area contributed by atoms with Gasteiger partial charge in [-0.25, -0.2) is 4.39 Å². The lowest BCUT2D eigenvalue weighted by Crippen LogP contribution is -2.38. The van der Waals surface area contributed by atoms with Crippen LogP contribution in [-0.4, -0.2) is 28.7 Å². The molecule has 3 aromatic rings. The molecule has 2 amide bonds. The van der Waals surface area contributed by atoms with Crippen LogP contribution in [0.15, 0.2) is 54.6 Å². The zero-order valence-corrected chi connectivity index (χ0v) is 17.0. The molecule has 1 atom stereocenters. The topological polar surface area (TPSA) is 85.2 Å². The van der Waals surface area contributed by atoms with Gasteiger partial charge in [0.2, 0.25) is 0 Å². The molecule has 7 nitrogen and oxygen atoms in total. The Morgan fingerprint density at radius 2 is 1.77 bits per heavy atom. The molecule has 0 spiro atoms. The first-order chi connectivity index (χ1) is 14.4. The van der Waals surface area contributed by atoms with Crippen molar-refractivity contribution in [2.24, 2.45) is 7.05 Å². The van der Waals surface area contributed by atoms with E-state index in [0.29, 0.717) is 18.0 Å². The number of carbonyl (C=O) groups is 2. The smallest absolute Gasteiger partial charge is 0.314 e. The summed E-state index contributed by atoms with van der Waals surface area (Å²) in [7, 11) is 3.24. The van der Waals surface area contributed by atoms with Gasteiger partial charge < -0.3 is 15.4 Å². The number of benzene rings is 2. The predicted molar refractivity (Wildman–Crippen MR) is 111 cm³/mol. The first kappa shape index (κ1) is 21.0. The number of halogens is 1. The van der Waals surface area contributed by atoms with Gasteiger partial charge in [0.15, 0.2) is 0 Å². The van der Waals surface area contributed by atoms with Gasteiger partial charge in [-0.3, -0.25) is 14.3 Å². The van der Waals surface area contributed by atoms with Crippen molar-refractivity contribution in [3.8, 4) is 5.75 Å². The molecule has 30 heavy (non-hydrogen) atoms. The summed E-state index contributed by atoms with van der Waals surface area (Å²) in [6.07, 6.45) is 0.385. The van der Waals surface area contributed by atoms with Crippen LogP contribution in [0, 0.1) is 12.7 Å². The van der Waals surface area contributed by atoms with Crippen LogP contribution in [0.1, 0.15) is 22.9 Å². The Morgan fingerprint density at radius 1 is 1.10 bits per heavy atom. The Morgan fingerprint density at radius 3 is 2.33 bits per heavy atom. The number of nitrogens with zero attached hydrogens (tertiary/aromatic N) is 2. The highest BCUT2D eigenvalue weighted by Gasteiger charge is 2.21. The molecule has 1 aromatic heterocycles. The summed E-state index contributed by atoms with van der Waals surface area (Å²) in [5.74, 6) is -0.816. The highest BCUT2D eigenvalue weighted by Crippen LogP contribution is 2.22. The summed E-state index contributed by atoms with van der Waals surface area (Å²) in [5.41, 5.74) is 2.33. The Hall–Kier alpha value is -3.68. The van der Waals surface area contributed by atoms with Gasteiger partial charge in [-0.15, -0.1) is 0 Å². The van der Waals surface area contributed by atoms with Gasteiger partial charge in [0.1, 0.15) is 17.4 Å². The van der Waals surface area contributed by atoms with E-state index in [1.54, 1.807) is 51.4 Å².